The molecule has 1 aliphatic heterocycles. The lowest BCUT2D eigenvalue weighted by molar-refractivity contribution is 0.495. The lowest BCUT2D eigenvalue weighted by Crippen LogP contribution is -2.34. The second-order valence-electron chi connectivity index (χ2n) is 5.90. The number of rotatable bonds is 6. The molecule has 0 aromatic heterocycles. The number of nitrogens with one attached hydrogen (secondary N) is 2. The highest BCUT2D eigenvalue weighted by Gasteiger charge is 2.28. The van der Waals surface area contributed by atoms with Crippen LogP contribution >= 0.6 is 0 Å². The maximum Gasteiger partial charge on any atom is 0.240 e. The van der Waals surface area contributed by atoms with E-state index in [1.165, 1.54) is 18.4 Å². The fourth-order valence-electron chi connectivity index (χ4n) is 2.78. The zero-order valence-corrected chi connectivity index (χ0v) is 12.7. The Balaban J connectivity index is 1.76. The molecule has 1 aromatic carbocycles. The van der Waals surface area contributed by atoms with Crippen LogP contribution in [0.5, 0.6) is 0 Å². The second kappa shape index (κ2) is 5.37. The minimum atomic E-state index is -3.40. The molecule has 5 heteroatoms. The van der Waals surface area contributed by atoms with Crippen LogP contribution in [0.2, 0.25) is 0 Å². The quantitative estimate of drug-likeness (QED) is 0.847. The Morgan fingerprint density at radius 2 is 2.20 bits per heavy atom. The van der Waals surface area contributed by atoms with Crippen LogP contribution in [0, 0.1) is 5.92 Å². The van der Waals surface area contributed by atoms with Crippen LogP contribution in [0.1, 0.15) is 38.2 Å². The van der Waals surface area contributed by atoms with Crippen molar-refractivity contribution >= 4 is 15.7 Å². The molecule has 1 heterocycles. The highest BCUT2D eigenvalue weighted by Crippen LogP contribution is 2.34. The monoisotopic (exact) mass is 294 g/mol. The zero-order chi connectivity index (χ0) is 14.2. The molecule has 2 N–H and O–H groups in total. The van der Waals surface area contributed by atoms with E-state index in [1.807, 2.05) is 13.0 Å². The number of hydrogen-bond acceptors (Lipinski definition) is 3. The van der Waals surface area contributed by atoms with Crippen molar-refractivity contribution in [2.75, 3.05) is 11.9 Å². The lowest BCUT2D eigenvalue weighted by Gasteiger charge is -2.17. The highest BCUT2D eigenvalue weighted by atomic mass is 32.2. The van der Waals surface area contributed by atoms with Crippen molar-refractivity contribution in [3.8, 4) is 0 Å². The van der Waals surface area contributed by atoms with Gasteiger partial charge in [0.25, 0.3) is 0 Å². The third-order valence-corrected chi connectivity index (χ3v) is 5.75. The molecule has 110 valence electrons. The van der Waals surface area contributed by atoms with E-state index in [9.17, 15) is 8.42 Å². The molecular weight excluding hydrogens is 272 g/mol. The van der Waals surface area contributed by atoms with Gasteiger partial charge in [-0.1, -0.05) is 25.8 Å². The van der Waals surface area contributed by atoms with Crippen molar-refractivity contribution in [2.24, 2.45) is 5.92 Å². The molecule has 2 aliphatic rings. The SMILES string of the molecule is CCC(CC1CC1)NS(=O)(=O)c1ccc2c(c1)NCC2. The van der Waals surface area contributed by atoms with E-state index < -0.39 is 10.0 Å². The average Bonchev–Trinajstić information content (AvgIpc) is 3.11. The topological polar surface area (TPSA) is 58.2 Å². The number of anilines is 1. The summed E-state index contributed by atoms with van der Waals surface area (Å²) in [6.07, 6.45) is 5.29. The van der Waals surface area contributed by atoms with Crippen molar-refractivity contribution in [2.45, 2.75) is 50.0 Å². The summed E-state index contributed by atoms with van der Waals surface area (Å²) in [5, 5.41) is 3.23. The molecule has 1 fully saturated rings. The van der Waals surface area contributed by atoms with E-state index in [4.69, 9.17) is 0 Å². The molecule has 0 amide bonds. The van der Waals surface area contributed by atoms with Gasteiger partial charge in [-0.3, -0.25) is 0 Å². The molecule has 0 bridgehead atoms. The average molecular weight is 294 g/mol. The molecule has 1 saturated carbocycles. The number of hydrogen-bond donors (Lipinski definition) is 2. The van der Waals surface area contributed by atoms with Gasteiger partial charge in [0.05, 0.1) is 4.90 Å². The van der Waals surface area contributed by atoms with Crippen LogP contribution in [0.15, 0.2) is 23.1 Å². The van der Waals surface area contributed by atoms with Gasteiger partial charge >= 0.3 is 0 Å². The minimum Gasteiger partial charge on any atom is -0.384 e. The maximum atomic E-state index is 12.5. The maximum absolute atomic E-state index is 12.5. The summed E-state index contributed by atoms with van der Waals surface area (Å²) in [5.74, 6) is 0.726. The van der Waals surface area contributed by atoms with Gasteiger partial charge < -0.3 is 5.32 Å². The molecule has 1 aromatic rings. The summed E-state index contributed by atoms with van der Waals surface area (Å²) in [4.78, 5) is 0.375. The summed E-state index contributed by atoms with van der Waals surface area (Å²) < 4.78 is 27.8. The number of fused-ring (bicyclic) bond motifs is 1. The lowest BCUT2D eigenvalue weighted by atomic mass is 10.1. The molecule has 3 rings (SSSR count). The van der Waals surface area contributed by atoms with Gasteiger partial charge in [-0.05, 0) is 42.9 Å². The first kappa shape index (κ1) is 13.9. The van der Waals surface area contributed by atoms with Gasteiger partial charge in [0.2, 0.25) is 10.0 Å². The van der Waals surface area contributed by atoms with E-state index in [2.05, 4.69) is 10.0 Å². The van der Waals surface area contributed by atoms with E-state index in [0.29, 0.717) is 4.90 Å². The highest BCUT2D eigenvalue weighted by molar-refractivity contribution is 7.89. The molecule has 4 nitrogen and oxygen atoms in total. The summed E-state index contributed by atoms with van der Waals surface area (Å²) >= 11 is 0. The largest absolute Gasteiger partial charge is 0.384 e. The van der Waals surface area contributed by atoms with Crippen molar-refractivity contribution < 1.29 is 8.42 Å². The molecule has 1 atom stereocenters. The first-order valence-electron chi connectivity index (χ1n) is 7.47. The summed E-state index contributed by atoms with van der Waals surface area (Å²) in [6.45, 7) is 2.94. The second-order valence-corrected chi connectivity index (χ2v) is 7.62. The van der Waals surface area contributed by atoms with E-state index >= 15 is 0 Å². The van der Waals surface area contributed by atoms with Crippen molar-refractivity contribution in [3.05, 3.63) is 23.8 Å². The van der Waals surface area contributed by atoms with Crippen LogP contribution in [-0.4, -0.2) is 21.0 Å². The van der Waals surface area contributed by atoms with Gasteiger partial charge in [-0.15, -0.1) is 0 Å². The summed E-state index contributed by atoms with van der Waals surface area (Å²) in [6, 6.07) is 5.46. The molecule has 1 unspecified atom stereocenters. The Kier molecular flexibility index (Phi) is 3.73. The van der Waals surface area contributed by atoms with Crippen molar-refractivity contribution in [1.82, 2.24) is 4.72 Å². The molecule has 1 aliphatic carbocycles. The number of sulfonamides is 1. The molecular formula is C15H22N2O2S. The predicted octanol–water partition coefficient (Wildman–Crippen LogP) is 2.51. The Hall–Kier alpha value is -1.07. The van der Waals surface area contributed by atoms with E-state index in [1.54, 1.807) is 12.1 Å². The van der Waals surface area contributed by atoms with Crippen LogP contribution < -0.4 is 10.0 Å². The normalized spacial score (nSPS) is 19.4. The minimum absolute atomic E-state index is 0.0636. The number of benzene rings is 1. The Morgan fingerprint density at radius 1 is 1.40 bits per heavy atom. The standard InChI is InChI=1S/C15H22N2O2S/c1-2-13(9-11-3-4-11)17-20(18,19)14-6-5-12-7-8-16-15(12)10-14/h5-6,10-11,13,16-17H,2-4,7-9H2,1H3. The van der Waals surface area contributed by atoms with Gasteiger partial charge in [-0.2, -0.15) is 0 Å². The van der Waals surface area contributed by atoms with Crippen LogP contribution in [0.25, 0.3) is 0 Å². The summed E-state index contributed by atoms with van der Waals surface area (Å²) in [7, 11) is -3.40. The fourth-order valence-corrected chi connectivity index (χ4v) is 4.14. The Morgan fingerprint density at radius 3 is 2.90 bits per heavy atom. The summed E-state index contributed by atoms with van der Waals surface area (Å²) in [5.41, 5.74) is 2.16. The van der Waals surface area contributed by atoms with Crippen molar-refractivity contribution in [3.63, 3.8) is 0 Å². The van der Waals surface area contributed by atoms with Gasteiger partial charge in [0.15, 0.2) is 0 Å². The first-order valence-corrected chi connectivity index (χ1v) is 8.96. The predicted molar refractivity (Wildman–Crippen MR) is 80.4 cm³/mol. The first-order chi connectivity index (χ1) is 9.58. The van der Waals surface area contributed by atoms with Crippen LogP contribution in [0.4, 0.5) is 5.69 Å². The van der Waals surface area contributed by atoms with Gasteiger partial charge in [0, 0.05) is 18.3 Å². The molecule has 0 radical (unpaired) electrons. The third kappa shape index (κ3) is 2.99. The molecule has 0 saturated heterocycles. The van der Waals surface area contributed by atoms with Crippen LogP contribution in [0.3, 0.4) is 0 Å². The van der Waals surface area contributed by atoms with E-state index in [-0.39, 0.29) is 6.04 Å². The third-order valence-electron chi connectivity index (χ3n) is 4.23. The smallest absolute Gasteiger partial charge is 0.240 e. The van der Waals surface area contributed by atoms with Crippen molar-refractivity contribution in [1.29, 1.82) is 0 Å². The Bertz CT molecular complexity index is 594. The fraction of sp³-hybridized carbons (Fsp3) is 0.600. The zero-order valence-electron chi connectivity index (χ0n) is 11.9. The van der Waals surface area contributed by atoms with Gasteiger partial charge in [-0.25, -0.2) is 13.1 Å². The Labute approximate surface area is 121 Å². The van der Waals surface area contributed by atoms with E-state index in [0.717, 1.165) is 37.4 Å². The molecule has 20 heavy (non-hydrogen) atoms. The molecule has 0 spiro atoms. The van der Waals surface area contributed by atoms with Gasteiger partial charge in [0.1, 0.15) is 0 Å². The van der Waals surface area contributed by atoms with Crippen LogP contribution in [-0.2, 0) is 16.4 Å².